The molecule has 3 aromatic rings. The van der Waals surface area contributed by atoms with Crippen molar-refractivity contribution in [3.05, 3.63) is 58.6 Å². The number of aromatic nitrogens is 1. The molecule has 0 aliphatic carbocycles. The Hall–Kier alpha value is -2.00. The lowest BCUT2D eigenvalue weighted by atomic mass is 9.98. The van der Waals surface area contributed by atoms with E-state index in [0.717, 1.165) is 15.2 Å². The third kappa shape index (κ3) is 4.45. The summed E-state index contributed by atoms with van der Waals surface area (Å²) in [5.41, 5.74) is 0.893. The largest absolute Gasteiger partial charge is 0.458 e. The Balaban J connectivity index is 1.32. The van der Waals surface area contributed by atoms with Gasteiger partial charge >= 0.3 is 5.97 Å². The molecule has 1 aliphatic heterocycles. The highest BCUT2D eigenvalue weighted by molar-refractivity contribution is 7.89. The average molecular weight is 451 g/mol. The predicted molar refractivity (Wildman–Crippen MR) is 112 cm³/mol. The van der Waals surface area contributed by atoms with Crippen molar-refractivity contribution in [1.29, 1.82) is 0 Å². The molecule has 2 heterocycles. The number of hydrogen-bond acceptors (Lipinski definition) is 6. The third-order valence-corrected chi connectivity index (χ3v) is 8.09. The Morgan fingerprint density at radius 1 is 1.14 bits per heavy atom. The van der Waals surface area contributed by atoms with Gasteiger partial charge in [0.05, 0.1) is 21.0 Å². The van der Waals surface area contributed by atoms with Gasteiger partial charge in [-0.05, 0) is 49.2 Å². The van der Waals surface area contributed by atoms with Crippen LogP contribution >= 0.6 is 22.9 Å². The maximum Gasteiger partial charge on any atom is 0.309 e. The van der Waals surface area contributed by atoms with Crippen molar-refractivity contribution in [1.82, 2.24) is 9.29 Å². The van der Waals surface area contributed by atoms with Crippen molar-refractivity contribution in [3.63, 3.8) is 0 Å². The molecule has 9 heteroatoms. The number of ether oxygens (including phenoxy) is 1. The average Bonchev–Trinajstić information content (AvgIpc) is 3.15. The second-order valence-corrected chi connectivity index (χ2v) is 10.3. The first-order valence-corrected chi connectivity index (χ1v) is 11.8. The van der Waals surface area contributed by atoms with Crippen LogP contribution in [0.3, 0.4) is 0 Å². The van der Waals surface area contributed by atoms with Crippen LogP contribution in [0.1, 0.15) is 17.8 Å². The van der Waals surface area contributed by atoms with E-state index in [1.165, 1.54) is 27.8 Å². The van der Waals surface area contributed by atoms with Crippen LogP contribution < -0.4 is 0 Å². The predicted octanol–water partition coefficient (Wildman–Crippen LogP) is 4.09. The topological polar surface area (TPSA) is 76.6 Å². The Labute approximate surface area is 178 Å². The van der Waals surface area contributed by atoms with Crippen molar-refractivity contribution in [3.8, 4) is 0 Å². The highest BCUT2D eigenvalue weighted by Gasteiger charge is 2.32. The molecule has 0 bridgehead atoms. The highest BCUT2D eigenvalue weighted by Crippen LogP contribution is 2.26. The number of rotatable bonds is 5. The third-order valence-electron chi connectivity index (χ3n) is 4.91. The lowest BCUT2D eigenvalue weighted by molar-refractivity contribution is -0.151. The van der Waals surface area contributed by atoms with Crippen LogP contribution in [-0.4, -0.2) is 36.8 Å². The van der Waals surface area contributed by atoms with Crippen LogP contribution in [0, 0.1) is 5.92 Å². The number of esters is 1. The van der Waals surface area contributed by atoms with Crippen LogP contribution in [0.4, 0.5) is 0 Å². The molecule has 1 aromatic heterocycles. The summed E-state index contributed by atoms with van der Waals surface area (Å²) in [7, 11) is -3.58. The number of fused-ring (bicyclic) bond motifs is 1. The molecule has 1 fully saturated rings. The maximum atomic E-state index is 12.7. The van der Waals surface area contributed by atoms with Crippen LogP contribution in [0.2, 0.25) is 5.02 Å². The summed E-state index contributed by atoms with van der Waals surface area (Å²) >= 11 is 7.34. The fourth-order valence-electron chi connectivity index (χ4n) is 3.32. The van der Waals surface area contributed by atoms with E-state index in [1.807, 2.05) is 24.3 Å². The quantitative estimate of drug-likeness (QED) is 0.547. The minimum atomic E-state index is -3.58. The molecule has 2 aromatic carbocycles. The number of para-hydroxylation sites is 1. The first kappa shape index (κ1) is 20.3. The van der Waals surface area contributed by atoms with Crippen LogP contribution in [0.25, 0.3) is 10.2 Å². The molecule has 0 N–H and O–H groups in total. The summed E-state index contributed by atoms with van der Waals surface area (Å²) in [5.74, 6) is -0.603. The van der Waals surface area contributed by atoms with E-state index in [4.69, 9.17) is 16.3 Å². The Kier molecular flexibility index (Phi) is 5.87. The van der Waals surface area contributed by atoms with E-state index in [9.17, 15) is 13.2 Å². The van der Waals surface area contributed by atoms with E-state index >= 15 is 0 Å². The molecule has 0 radical (unpaired) electrons. The molecule has 29 heavy (non-hydrogen) atoms. The molecule has 0 atom stereocenters. The highest BCUT2D eigenvalue weighted by atomic mass is 35.5. The van der Waals surface area contributed by atoms with Crippen molar-refractivity contribution < 1.29 is 17.9 Å². The molecule has 0 spiro atoms. The van der Waals surface area contributed by atoms with Crippen molar-refractivity contribution >= 4 is 49.1 Å². The number of thiazole rings is 1. The van der Waals surface area contributed by atoms with E-state index in [-0.39, 0.29) is 36.5 Å². The number of halogens is 1. The van der Waals surface area contributed by atoms with Gasteiger partial charge in [-0.2, -0.15) is 4.31 Å². The zero-order valence-electron chi connectivity index (χ0n) is 15.5. The standard InChI is InChI=1S/C20H19ClN2O4S2/c21-15-5-7-16(8-6-15)29(25,26)23-11-9-14(10-12-23)20(24)27-13-19-22-17-3-1-2-4-18(17)28-19/h1-8,14H,9-13H2. The summed E-state index contributed by atoms with van der Waals surface area (Å²) in [4.78, 5) is 17.1. The molecule has 0 unspecified atom stereocenters. The van der Waals surface area contributed by atoms with Gasteiger partial charge in [0.1, 0.15) is 11.6 Å². The molecule has 0 saturated carbocycles. The molecule has 4 rings (SSSR count). The van der Waals surface area contributed by atoms with Gasteiger partial charge in [0.2, 0.25) is 10.0 Å². The van der Waals surface area contributed by atoms with Gasteiger partial charge in [-0.15, -0.1) is 11.3 Å². The number of nitrogens with zero attached hydrogens (tertiary/aromatic N) is 2. The minimum absolute atomic E-state index is 0.140. The number of carbonyl (C=O) groups excluding carboxylic acids is 1. The SMILES string of the molecule is O=C(OCc1nc2ccccc2s1)C1CCN(S(=O)(=O)c2ccc(Cl)cc2)CC1. The van der Waals surface area contributed by atoms with Gasteiger partial charge in [0, 0.05) is 18.1 Å². The summed E-state index contributed by atoms with van der Waals surface area (Å²) in [6.07, 6.45) is 0.872. The first-order chi connectivity index (χ1) is 13.9. The van der Waals surface area contributed by atoms with E-state index in [0.29, 0.717) is 17.9 Å². The first-order valence-electron chi connectivity index (χ1n) is 9.20. The Morgan fingerprint density at radius 3 is 2.52 bits per heavy atom. The number of sulfonamides is 1. The molecule has 6 nitrogen and oxygen atoms in total. The lowest BCUT2D eigenvalue weighted by Gasteiger charge is -2.30. The summed E-state index contributed by atoms with van der Waals surface area (Å²) in [5, 5.41) is 1.24. The minimum Gasteiger partial charge on any atom is -0.458 e. The van der Waals surface area contributed by atoms with Gasteiger partial charge in [-0.25, -0.2) is 13.4 Å². The zero-order chi connectivity index (χ0) is 20.4. The second kappa shape index (κ2) is 8.39. The van der Waals surface area contributed by atoms with Gasteiger partial charge in [-0.1, -0.05) is 23.7 Å². The molecule has 1 saturated heterocycles. The van der Waals surface area contributed by atoms with Crippen molar-refractivity contribution in [2.75, 3.05) is 13.1 Å². The molecular weight excluding hydrogens is 432 g/mol. The van der Waals surface area contributed by atoms with Crippen LogP contribution in [0.15, 0.2) is 53.4 Å². The number of piperidine rings is 1. The van der Waals surface area contributed by atoms with Gasteiger partial charge in [0.15, 0.2) is 0 Å². The van der Waals surface area contributed by atoms with Gasteiger partial charge in [-0.3, -0.25) is 4.79 Å². The summed E-state index contributed by atoms with van der Waals surface area (Å²) < 4.78 is 33.4. The van der Waals surface area contributed by atoms with E-state index in [1.54, 1.807) is 12.1 Å². The van der Waals surface area contributed by atoms with Crippen molar-refractivity contribution in [2.45, 2.75) is 24.3 Å². The summed E-state index contributed by atoms with van der Waals surface area (Å²) in [6, 6.07) is 13.9. The fourth-order valence-corrected chi connectivity index (χ4v) is 5.80. The van der Waals surface area contributed by atoms with Crippen LogP contribution in [0.5, 0.6) is 0 Å². The molecule has 0 amide bonds. The maximum absolute atomic E-state index is 12.7. The summed E-state index contributed by atoms with van der Waals surface area (Å²) in [6.45, 7) is 0.708. The normalized spacial score (nSPS) is 16.2. The Bertz CT molecular complexity index is 1090. The van der Waals surface area contributed by atoms with Gasteiger partial charge in [0.25, 0.3) is 0 Å². The van der Waals surface area contributed by atoms with E-state index in [2.05, 4.69) is 4.98 Å². The number of hydrogen-bond donors (Lipinski definition) is 0. The monoisotopic (exact) mass is 450 g/mol. The lowest BCUT2D eigenvalue weighted by Crippen LogP contribution is -2.40. The smallest absolute Gasteiger partial charge is 0.309 e. The molecular formula is C20H19ClN2O4S2. The van der Waals surface area contributed by atoms with E-state index < -0.39 is 10.0 Å². The molecule has 1 aliphatic rings. The Morgan fingerprint density at radius 2 is 1.83 bits per heavy atom. The fraction of sp³-hybridized carbons (Fsp3) is 0.300. The molecule has 152 valence electrons. The number of benzene rings is 2. The van der Waals surface area contributed by atoms with Gasteiger partial charge < -0.3 is 4.74 Å². The van der Waals surface area contributed by atoms with Crippen molar-refractivity contribution in [2.24, 2.45) is 5.92 Å². The second-order valence-electron chi connectivity index (χ2n) is 6.82. The zero-order valence-corrected chi connectivity index (χ0v) is 17.8. The number of carbonyl (C=O) groups is 1. The van der Waals surface area contributed by atoms with Crippen LogP contribution in [-0.2, 0) is 26.2 Å².